The number of nitrogens with zero attached hydrogens (tertiary/aromatic N) is 2. The molecule has 1 N–H and O–H groups in total. The van der Waals surface area contributed by atoms with E-state index in [0.29, 0.717) is 0 Å². The summed E-state index contributed by atoms with van der Waals surface area (Å²) in [5, 5.41) is 3.51. The van der Waals surface area contributed by atoms with Crippen LogP contribution in [0.4, 0.5) is 5.82 Å². The molecule has 3 heteroatoms. The van der Waals surface area contributed by atoms with Gasteiger partial charge in [-0.15, -0.1) is 0 Å². The van der Waals surface area contributed by atoms with Gasteiger partial charge in [0.15, 0.2) is 0 Å². The number of nitrogens with one attached hydrogen (secondary N) is 1. The average Bonchev–Trinajstić information content (AvgIpc) is 3.21. The number of hydrogen-bond donors (Lipinski definition) is 1. The van der Waals surface area contributed by atoms with Crippen LogP contribution in [-0.4, -0.2) is 23.1 Å². The molecule has 21 heavy (non-hydrogen) atoms. The van der Waals surface area contributed by atoms with Crippen LogP contribution in [0.5, 0.6) is 0 Å². The maximum atomic E-state index is 4.70. The standard InChI is InChI=1S/C18H31N3/c1-14(2)10-11-21(16-7-8-16)17-9-6-15(12-19-17)13-20-18(3,4)5/h6,9,12,14,16,20H,7-8,10-11,13H2,1-5H3. The fourth-order valence-corrected chi connectivity index (χ4v) is 2.33. The van der Waals surface area contributed by atoms with Crippen LogP contribution in [0.1, 0.15) is 59.4 Å². The molecule has 1 aromatic heterocycles. The Labute approximate surface area is 130 Å². The van der Waals surface area contributed by atoms with Gasteiger partial charge >= 0.3 is 0 Å². The smallest absolute Gasteiger partial charge is 0.128 e. The zero-order valence-electron chi connectivity index (χ0n) is 14.3. The number of pyridine rings is 1. The van der Waals surface area contributed by atoms with Crippen LogP contribution in [-0.2, 0) is 6.54 Å². The minimum atomic E-state index is 0.149. The molecule has 0 radical (unpaired) electrons. The van der Waals surface area contributed by atoms with Gasteiger partial charge in [0.25, 0.3) is 0 Å². The highest BCUT2D eigenvalue weighted by molar-refractivity contribution is 5.42. The largest absolute Gasteiger partial charge is 0.354 e. The van der Waals surface area contributed by atoms with Crippen molar-refractivity contribution in [1.29, 1.82) is 0 Å². The van der Waals surface area contributed by atoms with Crippen LogP contribution in [0.2, 0.25) is 0 Å². The molecule has 0 unspecified atom stereocenters. The Kier molecular flexibility index (Phi) is 5.26. The first-order valence-corrected chi connectivity index (χ1v) is 8.32. The molecule has 3 nitrogen and oxygen atoms in total. The third kappa shape index (κ3) is 5.66. The molecule has 1 heterocycles. The quantitative estimate of drug-likeness (QED) is 0.823. The minimum Gasteiger partial charge on any atom is -0.354 e. The Balaban J connectivity index is 1.95. The van der Waals surface area contributed by atoms with Gasteiger partial charge in [-0.1, -0.05) is 19.9 Å². The van der Waals surface area contributed by atoms with E-state index in [1.165, 1.54) is 24.8 Å². The topological polar surface area (TPSA) is 28.2 Å². The summed E-state index contributed by atoms with van der Waals surface area (Å²) in [5.74, 6) is 1.90. The molecule has 0 aromatic carbocycles. The Bertz CT molecular complexity index is 427. The molecule has 1 aliphatic rings. The van der Waals surface area contributed by atoms with Crippen LogP contribution >= 0.6 is 0 Å². The lowest BCUT2D eigenvalue weighted by Gasteiger charge is -2.25. The van der Waals surface area contributed by atoms with Crippen molar-refractivity contribution < 1.29 is 0 Å². The van der Waals surface area contributed by atoms with Crippen molar-refractivity contribution >= 4 is 5.82 Å². The first-order valence-electron chi connectivity index (χ1n) is 8.32. The summed E-state index contributed by atoms with van der Waals surface area (Å²) in [4.78, 5) is 7.21. The van der Waals surface area contributed by atoms with E-state index in [9.17, 15) is 0 Å². The Morgan fingerprint density at radius 3 is 2.48 bits per heavy atom. The molecule has 0 amide bonds. The third-order valence-electron chi connectivity index (χ3n) is 3.86. The van der Waals surface area contributed by atoms with Gasteiger partial charge in [-0.3, -0.25) is 0 Å². The Hall–Kier alpha value is -1.09. The second-order valence-electron chi connectivity index (χ2n) is 7.74. The Morgan fingerprint density at radius 2 is 2.00 bits per heavy atom. The van der Waals surface area contributed by atoms with Crippen LogP contribution in [0.15, 0.2) is 18.3 Å². The molecule has 0 bridgehead atoms. The Morgan fingerprint density at radius 1 is 1.29 bits per heavy atom. The van der Waals surface area contributed by atoms with Gasteiger partial charge in [-0.2, -0.15) is 0 Å². The van der Waals surface area contributed by atoms with E-state index in [4.69, 9.17) is 4.98 Å². The average molecular weight is 289 g/mol. The van der Waals surface area contributed by atoms with Crippen molar-refractivity contribution in [2.45, 2.75) is 72.0 Å². The van der Waals surface area contributed by atoms with Crippen molar-refractivity contribution in [3.8, 4) is 0 Å². The monoisotopic (exact) mass is 289 g/mol. The lowest BCUT2D eigenvalue weighted by atomic mass is 10.1. The van der Waals surface area contributed by atoms with Gasteiger partial charge < -0.3 is 10.2 Å². The van der Waals surface area contributed by atoms with E-state index in [-0.39, 0.29) is 5.54 Å². The number of anilines is 1. The fourth-order valence-electron chi connectivity index (χ4n) is 2.33. The van der Waals surface area contributed by atoms with Gasteiger partial charge in [-0.05, 0) is 57.6 Å². The number of hydrogen-bond acceptors (Lipinski definition) is 3. The second-order valence-corrected chi connectivity index (χ2v) is 7.74. The SMILES string of the molecule is CC(C)CCN(c1ccc(CNC(C)(C)C)cn1)C1CC1. The molecule has 0 aliphatic heterocycles. The molecule has 1 saturated carbocycles. The molecule has 118 valence electrons. The lowest BCUT2D eigenvalue weighted by Crippen LogP contribution is -2.35. The first kappa shape index (κ1) is 16.3. The minimum absolute atomic E-state index is 0.149. The van der Waals surface area contributed by atoms with E-state index >= 15 is 0 Å². The second kappa shape index (κ2) is 6.78. The van der Waals surface area contributed by atoms with Crippen LogP contribution in [0.3, 0.4) is 0 Å². The predicted molar refractivity (Wildman–Crippen MR) is 90.7 cm³/mol. The fraction of sp³-hybridized carbons (Fsp3) is 0.722. The van der Waals surface area contributed by atoms with Gasteiger partial charge in [0, 0.05) is 30.9 Å². The van der Waals surface area contributed by atoms with E-state index in [1.54, 1.807) is 0 Å². The van der Waals surface area contributed by atoms with Crippen molar-refractivity contribution in [1.82, 2.24) is 10.3 Å². The summed E-state index contributed by atoms with van der Waals surface area (Å²) in [6, 6.07) is 5.14. The van der Waals surface area contributed by atoms with Crippen molar-refractivity contribution in [2.24, 2.45) is 5.92 Å². The normalized spacial score (nSPS) is 15.5. The highest BCUT2D eigenvalue weighted by Crippen LogP contribution is 2.31. The highest BCUT2D eigenvalue weighted by Gasteiger charge is 2.29. The van der Waals surface area contributed by atoms with Crippen molar-refractivity contribution in [2.75, 3.05) is 11.4 Å². The molecule has 0 spiro atoms. The predicted octanol–water partition coefficient (Wildman–Crippen LogP) is 3.98. The summed E-state index contributed by atoms with van der Waals surface area (Å²) >= 11 is 0. The molecule has 0 saturated heterocycles. The van der Waals surface area contributed by atoms with Crippen LogP contribution in [0, 0.1) is 5.92 Å². The maximum Gasteiger partial charge on any atom is 0.128 e. The van der Waals surface area contributed by atoms with Gasteiger partial charge in [-0.25, -0.2) is 4.98 Å². The van der Waals surface area contributed by atoms with Gasteiger partial charge in [0.1, 0.15) is 5.82 Å². The molecular weight excluding hydrogens is 258 g/mol. The van der Waals surface area contributed by atoms with Crippen molar-refractivity contribution in [3.05, 3.63) is 23.9 Å². The van der Waals surface area contributed by atoms with E-state index in [1.807, 2.05) is 6.20 Å². The molecule has 1 aromatic rings. The summed E-state index contributed by atoms with van der Waals surface area (Å²) in [5.41, 5.74) is 1.41. The van der Waals surface area contributed by atoms with Gasteiger partial charge in [0.05, 0.1) is 0 Å². The molecular formula is C18H31N3. The summed E-state index contributed by atoms with van der Waals surface area (Å²) < 4.78 is 0. The summed E-state index contributed by atoms with van der Waals surface area (Å²) in [6.07, 6.45) is 5.92. The number of aromatic nitrogens is 1. The van der Waals surface area contributed by atoms with Crippen LogP contribution in [0.25, 0.3) is 0 Å². The van der Waals surface area contributed by atoms with Gasteiger partial charge in [0.2, 0.25) is 0 Å². The third-order valence-corrected chi connectivity index (χ3v) is 3.86. The lowest BCUT2D eigenvalue weighted by molar-refractivity contribution is 0.424. The molecule has 2 rings (SSSR count). The zero-order valence-corrected chi connectivity index (χ0v) is 14.3. The van der Waals surface area contributed by atoms with E-state index < -0.39 is 0 Å². The maximum absolute atomic E-state index is 4.70. The summed E-state index contributed by atoms with van der Waals surface area (Å²) in [6.45, 7) is 13.2. The molecule has 0 atom stereocenters. The molecule has 1 aliphatic carbocycles. The van der Waals surface area contributed by atoms with Crippen LogP contribution < -0.4 is 10.2 Å². The van der Waals surface area contributed by atoms with E-state index in [0.717, 1.165) is 30.9 Å². The van der Waals surface area contributed by atoms with E-state index in [2.05, 4.69) is 57.0 Å². The summed E-state index contributed by atoms with van der Waals surface area (Å²) in [7, 11) is 0. The molecule has 1 fully saturated rings. The van der Waals surface area contributed by atoms with Crippen molar-refractivity contribution in [3.63, 3.8) is 0 Å². The zero-order chi connectivity index (χ0) is 15.5. The first-order chi connectivity index (χ1) is 9.85. The number of rotatable bonds is 7. The highest BCUT2D eigenvalue weighted by atomic mass is 15.2.